The van der Waals surface area contributed by atoms with Crippen molar-refractivity contribution in [2.45, 2.75) is 39.3 Å². The lowest BCUT2D eigenvalue weighted by atomic mass is 9.96. The average molecular weight is 299 g/mol. The van der Waals surface area contributed by atoms with Crippen molar-refractivity contribution in [3.8, 4) is 0 Å². The molecule has 0 aromatic heterocycles. The summed E-state index contributed by atoms with van der Waals surface area (Å²) in [5.41, 5.74) is 7.58. The summed E-state index contributed by atoms with van der Waals surface area (Å²) in [6.07, 6.45) is 0.943. The van der Waals surface area contributed by atoms with Crippen LogP contribution in [0.4, 0.5) is 0 Å². The molecule has 0 fully saturated rings. The minimum absolute atomic E-state index is 0.109. The Morgan fingerprint density at radius 1 is 1.20 bits per heavy atom. The van der Waals surface area contributed by atoms with Crippen molar-refractivity contribution in [1.82, 2.24) is 4.90 Å². The summed E-state index contributed by atoms with van der Waals surface area (Å²) in [7, 11) is 0. The average Bonchev–Trinajstić information content (AvgIpc) is 2.47. The fourth-order valence-corrected chi connectivity index (χ4v) is 2.56. The van der Waals surface area contributed by atoms with Gasteiger partial charge in [-0.25, -0.2) is 0 Å². The maximum atomic E-state index is 6.35. The van der Waals surface area contributed by atoms with Crippen LogP contribution in [-0.2, 0) is 4.74 Å². The zero-order valence-electron chi connectivity index (χ0n) is 12.8. The summed E-state index contributed by atoms with van der Waals surface area (Å²) in [6.45, 7) is 9.65. The summed E-state index contributed by atoms with van der Waals surface area (Å²) in [5.74, 6) is 0. The molecule has 0 spiro atoms. The molecular weight excluding hydrogens is 272 g/mol. The summed E-state index contributed by atoms with van der Waals surface area (Å²) in [4.78, 5) is 2.38. The van der Waals surface area contributed by atoms with Gasteiger partial charge in [0, 0.05) is 30.3 Å². The smallest absolute Gasteiger partial charge is 0.0593 e. The molecule has 2 N–H and O–H groups in total. The number of halogens is 1. The van der Waals surface area contributed by atoms with Gasteiger partial charge in [-0.1, -0.05) is 37.6 Å². The van der Waals surface area contributed by atoms with Crippen LogP contribution in [0.2, 0.25) is 5.02 Å². The van der Waals surface area contributed by atoms with Gasteiger partial charge in [-0.2, -0.15) is 0 Å². The molecule has 0 aliphatic heterocycles. The first kappa shape index (κ1) is 17.4. The maximum Gasteiger partial charge on any atom is 0.0593 e. The molecule has 1 aromatic carbocycles. The second-order valence-electron chi connectivity index (χ2n) is 4.89. The molecule has 0 saturated heterocycles. The van der Waals surface area contributed by atoms with Gasteiger partial charge in [0.05, 0.1) is 6.61 Å². The van der Waals surface area contributed by atoms with Crippen LogP contribution in [-0.4, -0.2) is 37.2 Å². The van der Waals surface area contributed by atoms with Gasteiger partial charge in [-0.3, -0.25) is 4.90 Å². The molecule has 2 unspecified atom stereocenters. The van der Waals surface area contributed by atoms with E-state index in [-0.39, 0.29) is 12.1 Å². The minimum Gasteiger partial charge on any atom is -0.380 e. The van der Waals surface area contributed by atoms with E-state index in [2.05, 4.69) is 30.9 Å². The first-order valence-corrected chi connectivity index (χ1v) is 7.84. The molecule has 2 atom stereocenters. The van der Waals surface area contributed by atoms with E-state index in [1.165, 1.54) is 5.56 Å². The van der Waals surface area contributed by atoms with Crippen LogP contribution in [0.3, 0.4) is 0 Å². The topological polar surface area (TPSA) is 38.5 Å². The van der Waals surface area contributed by atoms with Crippen molar-refractivity contribution < 1.29 is 4.74 Å². The van der Waals surface area contributed by atoms with Crippen molar-refractivity contribution in [1.29, 1.82) is 0 Å². The third-order valence-electron chi connectivity index (χ3n) is 3.62. The first-order chi connectivity index (χ1) is 9.63. The van der Waals surface area contributed by atoms with E-state index >= 15 is 0 Å². The maximum absolute atomic E-state index is 6.35. The molecule has 114 valence electrons. The Bertz CT molecular complexity index is 369. The summed E-state index contributed by atoms with van der Waals surface area (Å²) >= 11 is 5.98. The third kappa shape index (κ3) is 5.06. The van der Waals surface area contributed by atoms with Gasteiger partial charge < -0.3 is 10.5 Å². The van der Waals surface area contributed by atoms with Crippen molar-refractivity contribution in [3.05, 3.63) is 34.9 Å². The second-order valence-corrected chi connectivity index (χ2v) is 5.33. The molecule has 0 saturated carbocycles. The number of likely N-dealkylation sites (N-methyl/N-ethyl adjacent to an activating group) is 1. The molecule has 0 heterocycles. The normalized spacial score (nSPS) is 14.5. The molecule has 1 rings (SSSR count). The summed E-state index contributed by atoms with van der Waals surface area (Å²) in [5, 5.41) is 0.759. The predicted molar refractivity (Wildman–Crippen MR) is 86.2 cm³/mol. The Kier molecular flexibility index (Phi) is 8.15. The van der Waals surface area contributed by atoms with Gasteiger partial charge in [0.15, 0.2) is 0 Å². The number of nitrogens with zero attached hydrogens (tertiary/aromatic N) is 1. The number of hydrogen-bond acceptors (Lipinski definition) is 3. The largest absolute Gasteiger partial charge is 0.380 e. The molecule has 1 aromatic rings. The molecule has 20 heavy (non-hydrogen) atoms. The van der Waals surface area contributed by atoms with Crippen LogP contribution >= 0.6 is 11.6 Å². The molecule has 0 radical (unpaired) electrons. The monoisotopic (exact) mass is 298 g/mol. The SMILES string of the molecule is CCOCCN(CC)C(c1ccc(Cl)cc1)C(N)CC. The molecule has 4 heteroatoms. The van der Waals surface area contributed by atoms with Gasteiger partial charge in [0.2, 0.25) is 0 Å². The van der Waals surface area contributed by atoms with Crippen molar-refractivity contribution in [2.75, 3.05) is 26.3 Å². The Hall–Kier alpha value is -0.610. The van der Waals surface area contributed by atoms with Crippen LogP contribution in [0, 0.1) is 0 Å². The molecule has 0 amide bonds. The molecule has 0 aliphatic carbocycles. The number of nitrogens with two attached hydrogens (primary N) is 1. The highest BCUT2D eigenvalue weighted by Crippen LogP contribution is 2.26. The van der Waals surface area contributed by atoms with Crippen LogP contribution < -0.4 is 5.73 Å². The van der Waals surface area contributed by atoms with Crippen LogP contribution in [0.1, 0.15) is 38.8 Å². The van der Waals surface area contributed by atoms with Crippen LogP contribution in [0.15, 0.2) is 24.3 Å². The van der Waals surface area contributed by atoms with Crippen molar-refractivity contribution in [2.24, 2.45) is 5.73 Å². The Labute approximate surface area is 128 Å². The molecular formula is C16H27ClN2O. The quantitative estimate of drug-likeness (QED) is 0.709. The van der Waals surface area contributed by atoms with E-state index in [1.807, 2.05) is 19.1 Å². The predicted octanol–water partition coefficient (Wildman–Crippen LogP) is 3.48. The van der Waals surface area contributed by atoms with Gasteiger partial charge >= 0.3 is 0 Å². The van der Waals surface area contributed by atoms with Crippen LogP contribution in [0.25, 0.3) is 0 Å². The number of hydrogen-bond donors (Lipinski definition) is 1. The summed E-state index contributed by atoms with van der Waals surface area (Å²) in [6, 6.07) is 8.34. The van der Waals surface area contributed by atoms with Gasteiger partial charge in [-0.15, -0.1) is 0 Å². The van der Waals surface area contributed by atoms with E-state index in [9.17, 15) is 0 Å². The first-order valence-electron chi connectivity index (χ1n) is 7.46. The fraction of sp³-hybridized carbons (Fsp3) is 0.625. The highest BCUT2D eigenvalue weighted by Gasteiger charge is 2.24. The highest BCUT2D eigenvalue weighted by molar-refractivity contribution is 6.30. The number of rotatable bonds is 9. The number of ether oxygens (including phenoxy) is 1. The molecule has 0 aliphatic rings. The number of benzene rings is 1. The van der Waals surface area contributed by atoms with E-state index in [4.69, 9.17) is 22.1 Å². The standard InChI is InChI=1S/C16H27ClN2O/c1-4-15(18)16(13-7-9-14(17)10-8-13)19(5-2)11-12-20-6-3/h7-10,15-16H,4-6,11-12,18H2,1-3H3. The van der Waals surface area contributed by atoms with E-state index < -0.39 is 0 Å². The van der Waals surface area contributed by atoms with Gasteiger partial charge in [0.1, 0.15) is 0 Å². The minimum atomic E-state index is 0.109. The zero-order valence-corrected chi connectivity index (χ0v) is 13.6. The van der Waals surface area contributed by atoms with E-state index in [0.717, 1.165) is 37.7 Å². The lowest BCUT2D eigenvalue weighted by Crippen LogP contribution is -2.42. The van der Waals surface area contributed by atoms with Crippen LogP contribution in [0.5, 0.6) is 0 Å². The summed E-state index contributed by atoms with van der Waals surface area (Å²) < 4.78 is 5.48. The fourth-order valence-electron chi connectivity index (χ4n) is 2.43. The lowest BCUT2D eigenvalue weighted by Gasteiger charge is -2.35. The Morgan fingerprint density at radius 2 is 1.85 bits per heavy atom. The lowest BCUT2D eigenvalue weighted by molar-refractivity contribution is 0.0888. The highest BCUT2D eigenvalue weighted by atomic mass is 35.5. The zero-order chi connectivity index (χ0) is 15.0. The van der Waals surface area contributed by atoms with E-state index in [1.54, 1.807) is 0 Å². The molecule has 0 bridgehead atoms. The van der Waals surface area contributed by atoms with Gasteiger partial charge in [0.25, 0.3) is 0 Å². The Balaban J connectivity index is 2.88. The third-order valence-corrected chi connectivity index (χ3v) is 3.87. The second kappa shape index (κ2) is 9.35. The van der Waals surface area contributed by atoms with Crippen molar-refractivity contribution in [3.63, 3.8) is 0 Å². The van der Waals surface area contributed by atoms with Crippen molar-refractivity contribution >= 4 is 11.6 Å². The van der Waals surface area contributed by atoms with E-state index in [0.29, 0.717) is 0 Å². The molecule has 3 nitrogen and oxygen atoms in total. The van der Waals surface area contributed by atoms with Gasteiger partial charge in [-0.05, 0) is 37.6 Å². The Morgan fingerprint density at radius 3 is 2.35 bits per heavy atom.